The number of rotatable bonds is 2. The summed E-state index contributed by atoms with van der Waals surface area (Å²) >= 11 is 0. The Morgan fingerprint density at radius 2 is 1.67 bits per heavy atom. The van der Waals surface area contributed by atoms with Crippen molar-refractivity contribution in [3.8, 4) is 5.75 Å². The highest BCUT2D eigenvalue weighted by Crippen LogP contribution is 2.21. The van der Waals surface area contributed by atoms with E-state index in [0.29, 0.717) is 12.1 Å². The van der Waals surface area contributed by atoms with E-state index < -0.39 is 29.6 Å². The van der Waals surface area contributed by atoms with E-state index in [4.69, 9.17) is 0 Å². The highest BCUT2D eigenvalue weighted by Gasteiger charge is 2.11. The van der Waals surface area contributed by atoms with Gasteiger partial charge in [-0.1, -0.05) is 0 Å². The highest BCUT2D eigenvalue weighted by atomic mass is 19.3. The zero-order valence-corrected chi connectivity index (χ0v) is 5.78. The summed E-state index contributed by atoms with van der Waals surface area (Å²) in [6.07, 6.45) is 0. The van der Waals surface area contributed by atoms with Gasteiger partial charge in [0.2, 0.25) is 0 Å². The standard InChI is InChI=1S/C7H4F4O/c8-3-5-6(9)1-4(12-11)2-7(5)10/h1-2H,3H2. The molecule has 1 nitrogen and oxygen atoms in total. The molecule has 0 N–H and O–H groups in total. The number of halogens is 4. The second-order valence-electron chi connectivity index (χ2n) is 2.08. The van der Waals surface area contributed by atoms with Crippen molar-refractivity contribution in [3.05, 3.63) is 29.3 Å². The molecule has 0 unspecified atom stereocenters. The van der Waals surface area contributed by atoms with Crippen LogP contribution >= 0.6 is 0 Å². The average Bonchev–Trinajstić information content (AvgIpc) is 2.03. The molecule has 0 radical (unpaired) electrons. The number of alkyl halides is 1. The predicted molar refractivity (Wildman–Crippen MR) is 32.9 cm³/mol. The number of hydrogen-bond acceptors (Lipinski definition) is 1. The second-order valence-corrected chi connectivity index (χ2v) is 2.08. The van der Waals surface area contributed by atoms with Gasteiger partial charge in [0.25, 0.3) is 0 Å². The van der Waals surface area contributed by atoms with Crippen LogP contribution in [0.3, 0.4) is 0 Å². The Hall–Kier alpha value is -1.26. The van der Waals surface area contributed by atoms with Gasteiger partial charge in [-0.2, -0.15) is 0 Å². The monoisotopic (exact) mass is 180 g/mol. The van der Waals surface area contributed by atoms with E-state index in [1.54, 1.807) is 0 Å². The first kappa shape index (κ1) is 8.83. The summed E-state index contributed by atoms with van der Waals surface area (Å²) < 4.78 is 48.4. The van der Waals surface area contributed by atoms with Crippen LogP contribution in [0, 0.1) is 11.6 Å². The summed E-state index contributed by atoms with van der Waals surface area (Å²) in [6.45, 7) is -1.27. The number of hydrogen-bond donors (Lipinski definition) is 0. The molecule has 5 heteroatoms. The maximum Gasteiger partial charge on any atom is 0.177 e. The molecule has 0 aliphatic heterocycles. The van der Waals surface area contributed by atoms with E-state index in [1.165, 1.54) is 0 Å². The normalized spacial score (nSPS) is 10.0. The summed E-state index contributed by atoms with van der Waals surface area (Å²) in [6, 6.07) is 1.13. The van der Waals surface area contributed by atoms with Crippen LogP contribution in [-0.4, -0.2) is 0 Å². The summed E-state index contributed by atoms with van der Waals surface area (Å²) in [5.74, 6) is -2.95. The first-order valence-electron chi connectivity index (χ1n) is 3.01. The molecular weight excluding hydrogens is 176 g/mol. The minimum Gasteiger partial charge on any atom is -0.294 e. The van der Waals surface area contributed by atoms with Gasteiger partial charge in [0.05, 0.1) is 5.56 Å². The lowest BCUT2D eigenvalue weighted by Crippen LogP contribution is -1.93. The Morgan fingerprint density at radius 1 is 1.17 bits per heavy atom. The van der Waals surface area contributed by atoms with E-state index in [-0.39, 0.29) is 0 Å². The van der Waals surface area contributed by atoms with Crippen LogP contribution in [0.5, 0.6) is 5.75 Å². The van der Waals surface area contributed by atoms with Gasteiger partial charge in [-0.3, -0.25) is 4.94 Å². The lowest BCUT2D eigenvalue weighted by atomic mass is 10.2. The molecule has 1 rings (SSSR count). The van der Waals surface area contributed by atoms with Crippen LogP contribution in [-0.2, 0) is 6.67 Å². The zero-order valence-electron chi connectivity index (χ0n) is 5.78. The van der Waals surface area contributed by atoms with Crippen molar-refractivity contribution in [3.63, 3.8) is 0 Å². The second kappa shape index (κ2) is 3.42. The molecule has 0 fully saturated rings. The molecule has 0 aliphatic rings. The van der Waals surface area contributed by atoms with E-state index >= 15 is 0 Å². The van der Waals surface area contributed by atoms with Crippen molar-refractivity contribution in [2.75, 3.05) is 0 Å². The maximum atomic E-state index is 12.6. The highest BCUT2D eigenvalue weighted by molar-refractivity contribution is 5.29. The molecule has 0 aromatic heterocycles. The maximum absolute atomic E-state index is 12.6. The first-order chi connectivity index (χ1) is 5.69. The Kier molecular flexibility index (Phi) is 2.52. The average molecular weight is 180 g/mol. The van der Waals surface area contributed by atoms with Gasteiger partial charge in [-0.15, -0.1) is 0 Å². The lowest BCUT2D eigenvalue weighted by molar-refractivity contribution is -0.00698. The predicted octanol–water partition coefficient (Wildman–Crippen LogP) is 2.70. The van der Waals surface area contributed by atoms with E-state index in [0.717, 1.165) is 0 Å². The number of benzene rings is 1. The quantitative estimate of drug-likeness (QED) is 0.635. The van der Waals surface area contributed by atoms with Crippen molar-refractivity contribution in [1.29, 1.82) is 0 Å². The molecule has 66 valence electrons. The molecule has 0 saturated carbocycles. The topological polar surface area (TPSA) is 9.23 Å². The van der Waals surface area contributed by atoms with E-state index in [9.17, 15) is 17.7 Å². The van der Waals surface area contributed by atoms with Gasteiger partial charge in [-0.25, -0.2) is 13.2 Å². The molecule has 1 aromatic rings. The van der Waals surface area contributed by atoms with Crippen LogP contribution in [0.2, 0.25) is 0 Å². The summed E-state index contributed by atoms with van der Waals surface area (Å²) in [7, 11) is 0. The van der Waals surface area contributed by atoms with Crippen LogP contribution in [0.15, 0.2) is 12.1 Å². The molecule has 1 aromatic carbocycles. The fraction of sp³-hybridized carbons (Fsp3) is 0.143. The Morgan fingerprint density at radius 3 is 2.00 bits per heavy atom. The van der Waals surface area contributed by atoms with E-state index in [2.05, 4.69) is 4.94 Å². The van der Waals surface area contributed by atoms with Gasteiger partial charge in [0, 0.05) is 16.7 Å². The molecule has 0 atom stereocenters. The van der Waals surface area contributed by atoms with Crippen LogP contribution < -0.4 is 4.94 Å². The molecule has 0 bridgehead atoms. The van der Waals surface area contributed by atoms with Gasteiger partial charge in [0.1, 0.15) is 18.3 Å². The minimum atomic E-state index is -1.27. The molecular formula is C7H4F4O. The lowest BCUT2D eigenvalue weighted by Gasteiger charge is -2.00. The molecule has 0 spiro atoms. The summed E-state index contributed by atoms with van der Waals surface area (Å²) in [4.78, 5) is 3.07. The van der Waals surface area contributed by atoms with Crippen LogP contribution in [0.25, 0.3) is 0 Å². The van der Waals surface area contributed by atoms with Crippen molar-refractivity contribution < 1.29 is 22.6 Å². The summed E-state index contributed by atoms with van der Waals surface area (Å²) in [5, 5.41) is 0. The molecule has 12 heavy (non-hydrogen) atoms. The van der Waals surface area contributed by atoms with Gasteiger partial charge >= 0.3 is 0 Å². The van der Waals surface area contributed by atoms with Gasteiger partial charge in [-0.05, 0) is 0 Å². The van der Waals surface area contributed by atoms with Crippen molar-refractivity contribution in [2.45, 2.75) is 6.67 Å². The fourth-order valence-electron chi connectivity index (χ4n) is 0.752. The largest absolute Gasteiger partial charge is 0.294 e. The molecule has 0 amide bonds. The zero-order chi connectivity index (χ0) is 9.14. The SMILES string of the molecule is FCc1c(F)cc(OF)cc1F. The molecule has 0 aliphatic carbocycles. The molecule has 0 heterocycles. The third-order valence-electron chi connectivity index (χ3n) is 1.34. The fourth-order valence-corrected chi connectivity index (χ4v) is 0.752. The van der Waals surface area contributed by atoms with Crippen molar-refractivity contribution in [1.82, 2.24) is 0 Å². The van der Waals surface area contributed by atoms with Crippen molar-refractivity contribution in [2.24, 2.45) is 0 Å². The van der Waals surface area contributed by atoms with Gasteiger partial charge in [0.15, 0.2) is 5.75 Å². The summed E-state index contributed by atoms with van der Waals surface area (Å²) in [5.41, 5.74) is -0.726. The van der Waals surface area contributed by atoms with E-state index in [1.807, 2.05) is 0 Å². The first-order valence-corrected chi connectivity index (χ1v) is 3.01. The third-order valence-corrected chi connectivity index (χ3v) is 1.34. The van der Waals surface area contributed by atoms with Crippen LogP contribution in [0.1, 0.15) is 5.56 Å². The minimum absolute atomic E-state index is 0.567. The molecule has 0 saturated heterocycles. The van der Waals surface area contributed by atoms with Gasteiger partial charge < -0.3 is 0 Å². The Bertz CT molecular complexity index is 264. The van der Waals surface area contributed by atoms with Crippen LogP contribution in [0.4, 0.5) is 17.7 Å². The smallest absolute Gasteiger partial charge is 0.177 e. The third kappa shape index (κ3) is 1.49. The Balaban J connectivity index is 3.18. The Labute approximate surface area is 65.5 Å². The van der Waals surface area contributed by atoms with Crippen molar-refractivity contribution >= 4 is 0 Å².